The van der Waals surface area contributed by atoms with Crippen molar-refractivity contribution in [3.63, 3.8) is 0 Å². The molecule has 1 rings (SSSR count). The predicted molar refractivity (Wildman–Crippen MR) is 62.8 cm³/mol. The number of carbonyl (C=O) groups excluding carboxylic acids is 1. The normalized spacial score (nSPS) is 10.1. The topological polar surface area (TPSA) is 59.0 Å². The highest BCUT2D eigenvalue weighted by molar-refractivity contribution is 5.75. The minimum atomic E-state index is -0.0976. The zero-order chi connectivity index (χ0) is 12.8. The van der Waals surface area contributed by atoms with E-state index >= 15 is 0 Å². The van der Waals surface area contributed by atoms with Crippen molar-refractivity contribution in [2.24, 2.45) is 0 Å². The van der Waals surface area contributed by atoms with Gasteiger partial charge in [-0.3, -0.25) is 9.63 Å². The molecule has 5 nitrogen and oxygen atoms in total. The summed E-state index contributed by atoms with van der Waals surface area (Å²) in [6.45, 7) is 0. The van der Waals surface area contributed by atoms with E-state index in [0.29, 0.717) is 18.6 Å². The first kappa shape index (κ1) is 13.3. The highest BCUT2D eigenvalue weighted by Crippen LogP contribution is 2.26. The summed E-state index contributed by atoms with van der Waals surface area (Å²) in [7, 11) is 4.50. The van der Waals surface area contributed by atoms with Crippen LogP contribution < -0.4 is 4.74 Å². The predicted octanol–water partition coefficient (Wildman–Crippen LogP) is 1.35. The summed E-state index contributed by atoms with van der Waals surface area (Å²) < 4.78 is 4.99. The van der Waals surface area contributed by atoms with Gasteiger partial charge in [0.2, 0.25) is 5.91 Å². The fourth-order valence-corrected chi connectivity index (χ4v) is 1.39. The molecule has 0 radical (unpaired) electrons. The van der Waals surface area contributed by atoms with Crippen LogP contribution in [-0.2, 0) is 16.1 Å². The molecule has 94 valence electrons. The Kier molecular flexibility index (Phi) is 4.78. The van der Waals surface area contributed by atoms with E-state index in [1.54, 1.807) is 25.2 Å². The Morgan fingerprint density at radius 1 is 1.41 bits per heavy atom. The maximum Gasteiger partial charge on any atom is 0.246 e. The Balaban J connectivity index is 2.61. The minimum Gasteiger partial charge on any atom is -0.504 e. The van der Waals surface area contributed by atoms with Gasteiger partial charge < -0.3 is 9.84 Å². The molecule has 0 saturated carbocycles. The van der Waals surface area contributed by atoms with E-state index < -0.39 is 0 Å². The van der Waals surface area contributed by atoms with Crippen molar-refractivity contribution in [3.05, 3.63) is 23.8 Å². The number of amides is 1. The molecule has 1 amide bonds. The fourth-order valence-electron chi connectivity index (χ4n) is 1.39. The molecular weight excluding hydrogens is 222 g/mol. The lowest BCUT2D eigenvalue weighted by Crippen LogP contribution is -2.25. The van der Waals surface area contributed by atoms with Crippen molar-refractivity contribution in [2.45, 2.75) is 12.8 Å². The lowest BCUT2D eigenvalue weighted by Gasteiger charge is -2.13. The Morgan fingerprint density at radius 2 is 2.12 bits per heavy atom. The zero-order valence-corrected chi connectivity index (χ0v) is 10.3. The smallest absolute Gasteiger partial charge is 0.246 e. The SMILES string of the molecule is COc1cc(CCC(=O)N(C)OC)ccc1O. The first-order valence-electron chi connectivity index (χ1n) is 5.25. The van der Waals surface area contributed by atoms with Crippen LogP contribution >= 0.6 is 0 Å². The van der Waals surface area contributed by atoms with Gasteiger partial charge in [-0.1, -0.05) is 6.07 Å². The molecular formula is C12H17NO4. The first-order valence-corrected chi connectivity index (χ1v) is 5.25. The number of phenolic OH excluding ortho intramolecular Hbond substituents is 1. The standard InChI is InChI=1S/C12H17NO4/c1-13(17-3)12(15)7-5-9-4-6-10(14)11(8-9)16-2/h4,6,8,14H,5,7H2,1-3H3. The molecule has 0 spiro atoms. The molecule has 1 aromatic rings. The van der Waals surface area contributed by atoms with Crippen LogP contribution in [-0.4, -0.2) is 37.3 Å². The van der Waals surface area contributed by atoms with E-state index in [4.69, 9.17) is 9.57 Å². The van der Waals surface area contributed by atoms with Crippen LogP contribution in [0.4, 0.5) is 0 Å². The third-order valence-corrected chi connectivity index (χ3v) is 2.50. The Labute approximate surface area is 101 Å². The first-order chi connectivity index (χ1) is 8.08. The van der Waals surface area contributed by atoms with Crippen molar-refractivity contribution in [2.75, 3.05) is 21.3 Å². The van der Waals surface area contributed by atoms with Gasteiger partial charge in [-0.2, -0.15) is 0 Å². The molecule has 1 aromatic carbocycles. The molecule has 0 bridgehead atoms. The van der Waals surface area contributed by atoms with Crippen LogP contribution in [0.1, 0.15) is 12.0 Å². The van der Waals surface area contributed by atoms with Gasteiger partial charge in [0.05, 0.1) is 14.2 Å². The van der Waals surface area contributed by atoms with Crippen molar-refractivity contribution in [3.8, 4) is 11.5 Å². The van der Waals surface area contributed by atoms with Crippen LogP contribution in [0.5, 0.6) is 11.5 Å². The number of carbonyl (C=O) groups is 1. The van der Waals surface area contributed by atoms with Gasteiger partial charge >= 0.3 is 0 Å². The lowest BCUT2D eigenvalue weighted by molar-refractivity contribution is -0.168. The quantitative estimate of drug-likeness (QED) is 0.788. The van der Waals surface area contributed by atoms with Crippen molar-refractivity contribution >= 4 is 5.91 Å². The Bertz CT molecular complexity index is 392. The van der Waals surface area contributed by atoms with Gasteiger partial charge in [0.1, 0.15) is 0 Å². The summed E-state index contributed by atoms with van der Waals surface area (Å²) in [6, 6.07) is 5.03. The number of aromatic hydroxyl groups is 1. The van der Waals surface area contributed by atoms with Crippen LogP contribution in [0.2, 0.25) is 0 Å². The number of methoxy groups -OCH3 is 1. The van der Waals surface area contributed by atoms with Crippen LogP contribution in [0, 0.1) is 0 Å². The molecule has 0 aliphatic carbocycles. The van der Waals surface area contributed by atoms with Gasteiger partial charge in [0, 0.05) is 13.5 Å². The van der Waals surface area contributed by atoms with E-state index in [1.165, 1.54) is 19.3 Å². The number of hydroxylamine groups is 2. The average Bonchev–Trinajstić information content (AvgIpc) is 2.36. The summed E-state index contributed by atoms with van der Waals surface area (Å²) in [5.74, 6) is 0.408. The Hall–Kier alpha value is -1.75. The average molecular weight is 239 g/mol. The molecule has 17 heavy (non-hydrogen) atoms. The van der Waals surface area contributed by atoms with E-state index in [0.717, 1.165) is 5.56 Å². The van der Waals surface area contributed by atoms with Gasteiger partial charge in [0.15, 0.2) is 11.5 Å². The maximum atomic E-state index is 11.5. The van der Waals surface area contributed by atoms with Crippen LogP contribution in [0.3, 0.4) is 0 Å². The van der Waals surface area contributed by atoms with Gasteiger partial charge in [-0.25, -0.2) is 5.06 Å². The number of rotatable bonds is 5. The van der Waals surface area contributed by atoms with Crippen LogP contribution in [0.25, 0.3) is 0 Å². The number of hydrogen-bond donors (Lipinski definition) is 1. The van der Waals surface area contributed by atoms with Crippen molar-refractivity contribution in [1.29, 1.82) is 0 Å². The number of nitrogens with zero attached hydrogens (tertiary/aromatic N) is 1. The summed E-state index contributed by atoms with van der Waals surface area (Å²) in [5, 5.41) is 10.6. The third kappa shape index (κ3) is 3.64. The molecule has 0 saturated heterocycles. The van der Waals surface area contributed by atoms with Gasteiger partial charge in [-0.15, -0.1) is 0 Å². The van der Waals surface area contributed by atoms with Gasteiger partial charge in [0.25, 0.3) is 0 Å². The molecule has 0 atom stereocenters. The number of hydrogen-bond acceptors (Lipinski definition) is 4. The highest BCUT2D eigenvalue weighted by Gasteiger charge is 2.09. The number of benzene rings is 1. The summed E-state index contributed by atoms with van der Waals surface area (Å²) in [5.41, 5.74) is 0.928. The minimum absolute atomic E-state index is 0.0941. The van der Waals surface area contributed by atoms with E-state index in [2.05, 4.69) is 0 Å². The molecule has 0 unspecified atom stereocenters. The number of phenols is 1. The second kappa shape index (κ2) is 6.10. The molecule has 1 N–H and O–H groups in total. The molecule has 5 heteroatoms. The molecule has 0 aromatic heterocycles. The fraction of sp³-hybridized carbons (Fsp3) is 0.417. The molecule has 0 heterocycles. The van der Waals surface area contributed by atoms with Crippen molar-refractivity contribution in [1.82, 2.24) is 5.06 Å². The largest absolute Gasteiger partial charge is 0.504 e. The Morgan fingerprint density at radius 3 is 2.71 bits per heavy atom. The number of ether oxygens (including phenoxy) is 1. The molecule has 0 fully saturated rings. The number of aryl methyl sites for hydroxylation is 1. The molecule has 0 aliphatic rings. The van der Waals surface area contributed by atoms with Crippen molar-refractivity contribution < 1.29 is 19.5 Å². The highest BCUT2D eigenvalue weighted by atomic mass is 16.7. The molecule has 0 aliphatic heterocycles. The summed E-state index contributed by atoms with van der Waals surface area (Å²) >= 11 is 0. The lowest BCUT2D eigenvalue weighted by atomic mass is 10.1. The van der Waals surface area contributed by atoms with Crippen LogP contribution in [0.15, 0.2) is 18.2 Å². The summed E-state index contributed by atoms with van der Waals surface area (Å²) in [4.78, 5) is 16.3. The summed E-state index contributed by atoms with van der Waals surface area (Å²) in [6.07, 6.45) is 0.918. The third-order valence-electron chi connectivity index (χ3n) is 2.50. The monoisotopic (exact) mass is 239 g/mol. The maximum absolute atomic E-state index is 11.5. The second-order valence-corrected chi connectivity index (χ2v) is 3.58. The van der Waals surface area contributed by atoms with E-state index in [-0.39, 0.29) is 11.7 Å². The van der Waals surface area contributed by atoms with E-state index in [1.807, 2.05) is 0 Å². The second-order valence-electron chi connectivity index (χ2n) is 3.58. The zero-order valence-electron chi connectivity index (χ0n) is 10.3. The van der Waals surface area contributed by atoms with Gasteiger partial charge in [-0.05, 0) is 24.1 Å². The van der Waals surface area contributed by atoms with E-state index in [9.17, 15) is 9.90 Å².